The van der Waals surface area contributed by atoms with Gasteiger partial charge in [-0.2, -0.15) is 0 Å². The second-order valence-electron chi connectivity index (χ2n) is 5.69. The molecule has 1 aliphatic heterocycles. The van der Waals surface area contributed by atoms with Crippen LogP contribution in [0.5, 0.6) is 0 Å². The summed E-state index contributed by atoms with van der Waals surface area (Å²) in [6.45, 7) is 5.86. The maximum absolute atomic E-state index is 11.8. The zero-order valence-electron chi connectivity index (χ0n) is 11.0. The standard InChI is InChI=1S/C14H18N2O2/c1-14(2,3)16-13(18)7-9-4-5-11-10(6-9)8-12(17)15-11/h4-6H,7-8H2,1-3H3,(H,15,17)(H,16,18). The van der Waals surface area contributed by atoms with Gasteiger partial charge in [0, 0.05) is 11.2 Å². The van der Waals surface area contributed by atoms with Crippen LogP contribution in [0.4, 0.5) is 5.69 Å². The molecule has 0 unspecified atom stereocenters. The number of hydrogen-bond donors (Lipinski definition) is 2. The minimum absolute atomic E-state index is 0.000248. The molecular formula is C14H18N2O2. The van der Waals surface area contributed by atoms with Gasteiger partial charge in [-0.3, -0.25) is 9.59 Å². The first-order valence-electron chi connectivity index (χ1n) is 6.06. The Balaban J connectivity index is 2.05. The second kappa shape index (κ2) is 4.44. The van der Waals surface area contributed by atoms with E-state index in [0.717, 1.165) is 16.8 Å². The zero-order valence-corrected chi connectivity index (χ0v) is 11.0. The summed E-state index contributed by atoms with van der Waals surface area (Å²) in [5, 5.41) is 5.70. The number of rotatable bonds is 2. The van der Waals surface area contributed by atoms with Crippen LogP contribution in [0.15, 0.2) is 18.2 Å². The Morgan fingerprint density at radius 2 is 2.11 bits per heavy atom. The van der Waals surface area contributed by atoms with Crippen LogP contribution in [-0.4, -0.2) is 17.4 Å². The molecule has 2 rings (SSSR count). The molecule has 0 saturated carbocycles. The molecule has 0 bridgehead atoms. The van der Waals surface area contributed by atoms with Crippen molar-refractivity contribution in [1.29, 1.82) is 0 Å². The summed E-state index contributed by atoms with van der Waals surface area (Å²) < 4.78 is 0. The predicted molar refractivity (Wildman–Crippen MR) is 70.4 cm³/mol. The normalized spacial score (nSPS) is 14.1. The average Bonchev–Trinajstić information content (AvgIpc) is 2.53. The van der Waals surface area contributed by atoms with Gasteiger partial charge in [0.2, 0.25) is 11.8 Å². The summed E-state index contributed by atoms with van der Waals surface area (Å²) in [6.07, 6.45) is 0.753. The van der Waals surface area contributed by atoms with Gasteiger partial charge >= 0.3 is 0 Å². The Bertz CT molecular complexity index is 501. The van der Waals surface area contributed by atoms with E-state index in [2.05, 4.69) is 10.6 Å². The molecule has 96 valence electrons. The van der Waals surface area contributed by atoms with Crippen molar-refractivity contribution in [3.8, 4) is 0 Å². The van der Waals surface area contributed by atoms with Gasteiger partial charge in [0.25, 0.3) is 0 Å². The van der Waals surface area contributed by atoms with E-state index < -0.39 is 0 Å². The van der Waals surface area contributed by atoms with Gasteiger partial charge in [0.15, 0.2) is 0 Å². The summed E-state index contributed by atoms with van der Waals surface area (Å²) in [6, 6.07) is 5.67. The molecule has 0 aromatic heterocycles. The van der Waals surface area contributed by atoms with Crippen molar-refractivity contribution in [2.45, 2.75) is 39.2 Å². The maximum Gasteiger partial charge on any atom is 0.228 e. The van der Waals surface area contributed by atoms with Crippen LogP contribution >= 0.6 is 0 Å². The van der Waals surface area contributed by atoms with Crippen LogP contribution in [0, 0.1) is 0 Å². The summed E-state index contributed by atoms with van der Waals surface area (Å²) in [4.78, 5) is 23.0. The summed E-state index contributed by atoms with van der Waals surface area (Å²) in [5.74, 6) is 0.0148. The van der Waals surface area contributed by atoms with E-state index in [0.29, 0.717) is 12.8 Å². The quantitative estimate of drug-likeness (QED) is 0.833. The largest absolute Gasteiger partial charge is 0.351 e. The molecule has 1 aliphatic rings. The first-order valence-corrected chi connectivity index (χ1v) is 6.06. The lowest BCUT2D eigenvalue weighted by Gasteiger charge is -2.20. The van der Waals surface area contributed by atoms with Crippen LogP contribution in [0.3, 0.4) is 0 Å². The third kappa shape index (κ3) is 3.09. The second-order valence-corrected chi connectivity index (χ2v) is 5.69. The highest BCUT2D eigenvalue weighted by molar-refractivity contribution is 5.99. The van der Waals surface area contributed by atoms with Crippen molar-refractivity contribution in [2.75, 3.05) is 5.32 Å². The molecule has 4 nitrogen and oxygen atoms in total. The van der Waals surface area contributed by atoms with Crippen molar-refractivity contribution in [3.05, 3.63) is 29.3 Å². The number of carbonyl (C=O) groups is 2. The Hall–Kier alpha value is -1.84. The number of amides is 2. The molecular weight excluding hydrogens is 228 g/mol. The van der Waals surface area contributed by atoms with Crippen molar-refractivity contribution in [2.24, 2.45) is 0 Å². The number of anilines is 1. The van der Waals surface area contributed by atoms with Crippen LogP contribution in [0.25, 0.3) is 0 Å². The molecule has 2 amide bonds. The third-order valence-corrected chi connectivity index (χ3v) is 2.67. The van der Waals surface area contributed by atoms with Gasteiger partial charge in [-0.25, -0.2) is 0 Å². The Morgan fingerprint density at radius 3 is 2.78 bits per heavy atom. The predicted octanol–water partition coefficient (Wildman–Crippen LogP) is 1.64. The van der Waals surface area contributed by atoms with Gasteiger partial charge in [-0.15, -0.1) is 0 Å². The fraction of sp³-hybridized carbons (Fsp3) is 0.429. The number of nitrogens with one attached hydrogen (secondary N) is 2. The zero-order chi connectivity index (χ0) is 13.3. The van der Waals surface area contributed by atoms with E-state index in [9.17, 15) is 9.59 Å². The fourth-order valence-corrected chi connectivity index (χ4v) is 2.04. The van der Waals surface area contributed by atoms with Gasteiger partial charge < -0.3 is 10.6 Å². The Morgan fingerprint density at radius 1 is 1.39 bits per heavy atom. The number of hydrogen-bond acceptors (Lipinski definition) is 2. The van der Waals surface area contributed by atoms with Crippen LogP contribution in [-0.2, 0) is 22.4 Å². The monoisotopic (exact) mass is 246 g/mol. The van der Waals surface area contributed by atoms with E-state index in [1.807, 2.05) is 39.0 Å². The van der Waals surface area contributed by atoms with Crippen LogP contribution in [0.2, 0.25) is 0 Å². The van der Waals surface area contributed by atoms with Crippen LogP contribution in [0.1, 0.15) is 31.9 Å². The molecule has 0 saturated heterocycles. The molecule has 0 aliphatic carbocycles. The Kier molecular flexibility index (Phi) is 3.11. The smallest absolute Gasteiger partial charge is 0.228 e. The van der Waals surface area contributed by atoms with Crippen molar-refractivity contribution in [1.82, 2.24) is 5.32 Å². The number of benzene rings is 1. The molecule has 18 heavy (non-hydrogen) atoms. The topological polar surface area (TPSA) is 58.2 Å². The molecule has 1 aromatic rings. The third-order valence-electron chi connectivity index (χ3n) is 2.67. The van der Waals surface area contributed by atoms with Crippen molar-refractivity contribution in [3.63, 3.8) is 0 Å². The van der Waals surface area contributed by atoms with Crippen molar-refractivity contribution >= 4 is 17.5 Å². The van der Waals surface area contributed by atoms with Gasteiger partial charge in [0.05, 0.1) is 12.8 Å². The highest BCUT2D eigenvalue weighted by atomic mass is 16.2. The summed E-state index contributed by atoms with van der Waals surface area (Å²) in [5.41, 5.74) is 2.55. The highest BCUT2D eigenvalue weighted by Crippen LogP contribution is 2.24. The summed E-state index contributed by atoms with van der Waals surface area (Å²) in [7, 11) is 0. The lowest BCUT2D eigenvalue weighted by molar-refractivity contribution is -0.121. The molecule has 0 fully saturated rings. The average molecular weight is 246 g/mol. The first-order chi connectivity index (χ1) is 8.33. The van der Waals surface area contributed by atoms with Crippen LogP contribution < -0.4 is 10.6 Å². The fourth-order valence-electron chi connectivity index (χ4n) is 2.04. The Labute approximate surface area is 107 Å². The van der Waals surface area contributed by atoms with E-state index in [-0.39, 0.29) is 17.4 Å². The van der Waals surface area contributed by atoms with E-state index in [1.165, 1.54) is 0 Å². The molecule has 0 radical (unpaired) electrons. The highest BCUT2D eigenvalue weighted by Gasteiger charge is 2.19. The SMILES string of the molecule is CC(C)(C)NC(=O)Cc1ccc2c(c1)CC(=O)N2. The van der Waals surface area contributed by atoms with Gasteiger partial charge in [0.1, 0.15) is 0 Å². The molecule has 1 heterocycles. The van der Waals surface area contributed by atoms with Gasteiger partial charge in [-0.05, 0) is 38.0 Å². The van der Waals surface area contributed by atoms with E-state index in [1.54, 1.807) is 0 Å². The minimum atomic E-state index is -0.217. The number of fused-ring (bicyclic) bond motifs is 1. The van der Waals surface area contributed by atoms with Gasteiger partial charge in [-0.1, -0.05) is 12.1 Å². The van der Waals surface area contributed by atoms with E-state index >= 15 is 0 Å². The minimum Gasteiger partial charge on any atom is -0.351 e. The molecule has 0 spiro atoms. The number of carbonyl (C=O) groups excluding carboxylic acids is 2. The molecule has 1 aromatic carbocycles. The van der Waals surface area contributed by atoms with Crippen molar-refractivity contribution < 1.29 is 9.59 Å². The first kappa shape index (κ1) is 12.6. The molecule has 2 N–H and O–H groups in total. The molecule has 0 atom stereocenters. The lowest BCUT2D eigenvalue weighted by Crippen LogP contribution is -2.41. The molecule has 4 heteroatoms. The maximum atomic E-state index is 11.8. The summed E-state index contributed by atoms with van der Waals surface area (Å²) >= 11 is 0. The van der Waals surface area contributed by atoms with E-state index in [4.69, 9.17) is 0 Å². The lowest BCUT2D eigenvalue weighted by atomic mass is 10.0.